The van der Waals surface area contributed by atoms with Gasteiger partial charge in [-0.15, -0.1) is 0 Å². The number of hydrogen-bond acceptors (Lipinski definition) is 5. The largest absolute Gasteiger partial charge is 0.489 e. The highest BCUT2D eigenvalue weighted by Gasteiger charge is 2.44. The van der Waals surface area contributed by atoms with E-state index in [1.165, 1.54) is 19.2 Å². The molecule has 0 saturated heterocycles. The molecule has 7 heteroatoms. The minimum Gasteiger partial charge on any atom is -0.489 e. The van der Waals surface area contributed by atoms with Crippen LogP contribution < -0.4 is 10.1 Å². The number of ketones is 1. The Morgan fingerprint density at radius 2 is 1.97 bits per heavy atom. The molecule has 0 saturated carbocycles. The summed E-state index contributed by atoms with van der Waals surface area (Å²) in [4.78, 5) is 26.4. The van der Waals surface area contributed by atoms with E-state index in [0.29, 0.717) is 46.6 Å². The maximum atomic E-state index is 13.7. The number of allylic oxidation sites excluding steroid dienone is 3. The van der Waals surface area contributed by atoms with Crippen LogP contribution in [-0.2, 0) is 20.9 Å². The third-order valence-corrected chi connectivity index (χ3v) is 6.70. The van der Waals surface area contributed by atoms with Gasteiger partial charge < -0.3 is 14.8 Å². The van der Waals surface area contributed by atoms with Crippen molar-refractivity contribution in [2.75, 3.05) is 7.11 Å². The number of carbonyl (C=O) groups excluding carboxylic acids is 2. The molecule has 1 N–H and O–H groups in total. The van der Waals surface area contributed by atoms with Crippen molar-refractivity contribution in [1.82, 2.24) is 5.32 Å². The number of benzene rings is 2. The Kier molecular flexibility index (Phi) is 6.67. The molecule has 0 bridgehead atoms. The molecular weight excluding hydrogens is 501 g/mol. The van der Waals surface area contributed by atoms with Crippen molar-refractivity contribution in [3.8, 4) is 5.75 Å². The summed E-state index contributed by atoms with van der Waals surface area (Å²) in [5.74, 6) is -0.985. The monoisotopic (exact) mass is 527 g/mol. The lowest BCUT2D eigenvalue weighted by Gasteiger charge is -2.39. The van der Waals surface area contributed by atoms with Gasteiger partial charge in [0.25, 0.3) is 0 Å². The number of Topliss-reactive ketones (excluding diaryl/α,β-unsaturated/α-hetero) is 1. The van der Waals surface area contributed by atoms with Crippen LogP contribution >= 0.6 is 15.9 Å². The molecule has 5 nitrogen and oxygen atoms in total. The summed E-state index contributed by atoms with van der Waals surface area (Å²) < 4.78 is 25.7. The third kappa shape index (κ3) is 4.80. The van der Waals surface area contributed by atoms with E-state index in [9.17, 15) is 14.0 Å². The van der Waals surface area contributed by atoms with Crippen molar-refractivity contribution in [1.29, 1.82) is 0 Å². The summed E-state index contributed by atoms with van der Waals surface area (Å²) in [5, 5.41) is 3.31. The highest BCUT2D eigenvalue weighted by molar-refractivity contribution is 9.10. The van der Waals surface area contributed by atoms with Gasteiger partial charge in [-0.25, -0.2) is 9.18 Å². The Morgan fingerprint density at radius 1 is 1.21 bits per heavy atom. The molecule has 0 unspecified atom stereocenters. The van der Waals surface area contributed by atoms with Crippen molar-refractivity contribution in [2.45, 2.75) is 46.1 Å². The van der Waals surface area contributed by atoms with Gasteiger partial charge in [-0.2, -0.15) is 0 Å². The van der Waals surface area contributed by atoms with Crippen LogP contribution in [-0.4, -0.2) is 18.9 Å². The van der Waals surface area contributed by atoms with Crippen LogP contribution in [0.25, 0.3) is 0 Å². The van der Waals surface area contributed by atoms with Gasteiger partial charge >= 0.3 is 5.97 Å². The van der Waals surface area contributed by atoms with Crippen LogP contribution in [0, 0.1) is 11.2 Å². The molecule has 0 amide bonds. The molecular formula is C27H27BrFNO4. The summed E-state index contributed by atoms with van der Waals surface area (Å²) >= 11 is 3.52. The summed E-state index contributed by atoms with van der Waals surface area (Å²) in [7, 11) is 1.33. The lowest BCUT2D eigenvalue weighted by molar-refractivity contribution is -0.136. The molecule has 0 spiro atoms. The van der Waals surface area contributed by atoms with Crippen molar-refractivity contribution in [3.05, 3.63) is 86.4 Å². The number of carbonyl (C=O) groups is 2. The zero-order valence-electron chi connectivity index (χ0n) is 19.6. The van der Waals surface area contributed by atoms with Gasteiger partial charge in [0.15, 0.2) is 5.78 Å². The summed E-state index contributed by atoms with van der Waals surface area (Å²) in [6.07, 6.45) is 1.06. The summed E-state index contributed by atoms with van der Waals surface area (Å²) in [5.41, 5.74) is 3.58. The Morgan fingerprint density at radius 3 is 2.68 bits per heavy atom. The molecule has 0 radical (unpaired) electrons. The molecule has 0 aromatic heterocycles. The number of methoxy groups -OCH3 is 1. The molecule has 34 heavy (non-hydrogen) atoms. The Hall–Kier alpha value is -2.93. The minimum absolute atomic E-state index is 0.00582. The fraction of sp³-hybridized carbons (Fsp3) is 0.333. The summed E-state index contributed by atoms with van der Waals surface area (Å²) in [6, 6.07) is 11.7. The van der Waals surface area contributed by atoms with Crippen LogP contribution in [0.5, 0.6) is 5.75 Å². The second-order valence-corrected chi connectivity index (χ2v) is 10.4. The van der Waals surface area contributed by atoms with Crippen molar-refractivity contribution in [2.24, 2.45) is 5.41 Å². The quantitative estimate of drug-likeness (QED) is 0.487. The Labute approximate surface area is 207 Å². The molecule has 2 aliphatic rings. The predicted molar refractivity (Wildman–Crippen MR) is 131 cm³/mol. The first-order chi connectivity index (χ1) is 16.1. The maximum Gasteiger partial charge on any atom is 0.336 e. The molecule has 178 valence electrons. The first-order valence-electron chi connectivity index (χ1n) is 11.1. The zero-order chi connectivity index (χ0) is 24.6. The number of halogens is 2. The number of rotatable bonds is 5. The smallest absolute Gasteiger partial charge is 0.336 e. The molecule has 2 aromatic carbocycles. The molecule has 1 heterocycles. The van der Waals surface area contributed by atoms with Crippen molar-refractivity contribution < 1.29 is 23.5 Å². The van der Waals surface area contributed by atoms with Crippen LogP contribution in [0.15, 0.2) is 69.5 Å². The highest BCUT2D eigenvalue weighted by Crippen LogP contribution is 2.49. The molecule has 1 aliphatic carbocycles. The Bertz CT molecular complexity index is 1230. The van der Waals surface area contributed by atoms with E-state index in [-0.39, 0.29) is 23.6 Å². The van der Waals surface area contributed by atoms with E-state index in [1.807, 2.05) is 19.1 Å². The normalized spacial score (nSPS) is 19.5. The lowest BCUT2D eigenvalue weighted by atomic mass is 9.68. The fourth-order valence-electron chi connectivity index (χ4n) is 4.79. The number of hydrogen-bond donors (Lipinski definition) is 1. The fourth-order valence-corrected chi connectivity index (χ4v) is 5.17. The van der Waals surface area contributed by atoms with Gasteiger partial charge in [-0.3, -0.25) is 4.79 Å². The second kappa shape index (κ2) is 9.37. The molecule has 1 aliphatic heterocycles. The van der Waals surface area contributed by atoms with Gasteiger partial charge in [0, 0.05) is 33.4 Å². The number of nitrogens with one attached hydrogen (secondary N) is 1. The van der Waals surface area contributed by atoms with Crippen molar-refractivity contribution in [3.63, 3.8) is 0 Å². The van der Waals surface area contributed by atoms with Gasteiger partial charge in [0.2, 0.25) is 0 Å². The minimum atomic E-state index is -0.646. The SMILES string of the molecule is COC(=O)C1=C(C)NC2=C(C(=O)CC(C)(C)C2)[C@H]1c1cc(Br)ccc1OCc1cccc(F)c1. The number of dihydropyridines is 1. The lowest BCUT2D eigenvalue weighted by Crippen LogP contribution is -2.38. The molecule has 4 rings (SSSR count). The van der Waals surface area contributed by atoms with Gasteiger partial charge in [-0.05, 0) is 54.7 Å². The Balaban J connectivity index is 1.84. The zero-order valence-corrected chi connectivity index (χ0v) is 21.2. The highest BCUT2D eigenvalue weighted by atomic mass is 79.9. The molecule has 1 atom stereocenters. The molecule has 2 aromatic rings. The van der Waals surface area contributed by atoms with Crippen LogP contribution in [0.2, 0.25) is 0 Å². The van der Waals surface area contributed by atoms with Gasteiger partial charge in [0.05, 0.1) is 18.6 Å². The first kappa shape index (κ1) is 24.2. The average Bonchev–Trinajstić information content (AvgIpc) is 2.76. The number of ether oxygens (including phenoxy) is 2. The van der Waals surface area contributed by atoms with E-state index >= 15 is 0 Å². The van der Waals surface area contributed by atoms with Crippen molar-refractivity contribution >= 4 is 27.7 Å². The van der Waals surface area contributed by atoms with Crippen LogP contribution in [0.1, 0.15) is 50.7 Å². The summed E-state index contributed by atoms with van der Waals surface area (Å²) in [6.45, 7) is 6.08. The van der Waals surface area contributed by atoms with Crippen LogP contribution in [0.3, 0.4) is 0 Å². The standard InChI is InChI=1S/C27H27BrFNO4/c1-15-23(26(32)33-4)24(25-20(30-15)12-27(2,3)13-21(25)31)19-11-17(28)8-9-22(19)34-14-16-6-5-7-18(29)10-16/h5-11,24,30H,12-14H2,1-4H3/t24-/m0/s1. The number of esters is 1. The maximum absolute atomic E-state index is 13.7. The van der Waals surface area contributed by atoms with E-state index in [0.717, 1.165) is 10.2 Å². The topological polar surface area (TPSA) is 64.6 Å². The van der Waals surface area contributed by atoms with E-state index in [4.69, 9.17) is 9.47 Å². The predicted octanol–water partition coefficient (Wildman–Crippen LogP) is 5.94. The van der Waals surface area contributed by atoms with E-state index < -0.39 is 11.9 Å². The second-order valence-electron chi connectivity index (χ2n) is 9.52. The van der Waals surface area contributed by atoms with Crippen LogP contribution in [0.4, 0.5) is 4.39 Å². The van der Waals surface area contributed by atoms with E-state index in [2.05, 4.69) is 35.1 Å². The van der Waals surface area contributed by atoms with Gasteiger partial charge in [-0.1, -0.05) is 41.9 Å². The first-order valence-corrected chi connectivity index (χ1v) is 11.9. The average molecular weight is 528 g/mol. The van der Waals surface area contributed by atoms with Gasteiger partial charge in [0.1, 0.15) is 18.2 Å². The third-order valence-electron chi connectivity index (χ3n) is 6.21. The molecule has 0 fully saturated rings. The van der Waals surface area contributed by atoms with E-state index in [1.54, 1.807) is 18.2 Å².